The van der Waals surface area contributed by atoms with Gasteiger partial charge in [0.15, 0.2) is 0 Å². The fraction of sp³-hybridized carbons (Fsp3) is 0.348. The summed E-state index contributed by atoms with van der Waals surface area (Å²) in [5.74, 6) is 0.542. The maximum absolute atomic E-state index is 13.0. The average Bonchev–Trinajstić information content (AvgIpc) is 3.25. The van der Waals surface area contributed by atoms with Crippen molar-refractivity contribution in [2.24, 2.45) is 0 Å². The summed E-state index contributed by atoms with van der Waals surface area (Å²) in [6.45, 7) is 1.53. The van der Waals surface area contributed by atoms with Gasteiger partial charge in [0.25, 0.3) is 5.56 Å². The average molecular weight is 391 g/mol. The largest absolute Gasteiger partial charge is 0.376 e. The summed E-state index contributed by atoms with van der Waals surface area (Å²) in [5.41, 5.74) is 1.59. The van der Waals surface area contributed by atoms with Gasteiger partial charge in [-0.25, -0.2) is 4.98 Å². The maximum Gasteiger partial charge on any atom is 0.258 e. The molecule has 0 radical (unpaired) electrons. The van der Waals surface area contributed by atoms with Crippen molar-refractivity contribution in [1.82, 2.24) is 14.9 Å². The zero-order chi connectivity index (χ0) is 20.1. The molecule has 0 saturated carbocycles. The Morgan fingerprint density at radius 2 is 1.93 bits per heavy atom. The topological polar surface area (TPSA) is 75.3 Å². The molecule has 150 valence electrons. The first-order valence-electron chi connectivity index (χ1n) is 10.1. The molecule has 6 heteroatoms. The van der Waals surface area contributed by atoms with Crippen molar-refractivity contribution in [3.8, 4) is 0 Å². The SMILES string of the molecule is O=C(CCc1ccccc1)N(Cc1nc2ccccc2c(=O)[nH]1)C[C@H]1CCCO1. The highest BCUT2D eigenvalue weighted by molar-refractivity contribution is 5.78. The van der Waals surface area contributed by atoms with Crippen LogP contribution in [0.5, 0.6) is 0 Å². The van der Waals surface area contributed by atoms with Gasteiger partial charge in [-0.2, -0.15) is 0 Å². The van der Waals surface area contributed by atoms with E-state index in [4.69, 9.17) is 4.74 Å². The Bertz CT molecular complexity index is 1030. The second kappa shape index (κ2) is 9.01. The molecule has 1 N–H and O–H groups in total. The third-order valence-corrected chi connectivity index (χ3v) is 5.27. The Hall–Kier alpha value is -2.99. The van der Waals surface area contributed by atoms with Crippen LogP contribution in [-0.4, -0.2) is 40.0 Å². The van der Waals surface area contributed by atoms with Crippen molar-refractivity contribution in [3.05, 3.63) is 76.3 Å². The molecule has 1 atom stereocenters. The number of aryl methyl sites for hydroxylation is 1. The van der Waals surface area contributed by atoms with Crippen molar-refractivity contribution >= 4 is 16.8 Å². The van der Waals surface area contributed by atoms with Gasteiger partial charge >= 0.3 is 0 Å². The smallest absolute Gasteiger partial charge is 0.258 e. The molecule has 3 aromatic rings. The molecule has 29 heavy (non-hydrogen) atoms. The van der Waals surface area contributed by atoms with Crippen LogP contribution in [0.25, 0.3) is 10.9 Å². The van der Waals surface area contributed by atoms with Crippen LogP contribution in [0.1, 0.15) is 30.7 Å². The lowest BCUT2D eigenvalue weighted by atomic mass is 10.1. The van der Waals surface area contributed by atoms with Crippen molar-refractivity contribution < 1.29 is 9.53 Å². The minimum Gasteiger partial charge on any atom is -0.376 e. The van der Waals surface area contributed by atoms with Crippen LogP contribution in [0, 0.1) is 0 Å². The molecule has 4 rings (SSSR count). The summed E-state index contributed by atoms with van der Waals surface area (Å²) < 4.78 is 5.74. The van der Waals surface area contributed by atoms with E-state index in [1.54, 1.807) is 11.0 Å². The third-order valence-electron chi connectivity index (χ3n) is 5.27. The molecule has 6 nitrogen and oxygen atoms in total. The molecule has 1 aliphatic heterocycles. The standard InChI is InChI=1S/C23H25N3O3/c27-22(13-12-17-7-2-1-3-8-17)26(15-18-9-6-14-29-18)16-21-24-20-11-5-4-10-19(20)23(28)25-21/h1-5,7-8,10-11,18H,6,9,12-16H2,(H,24,25,28)/t18-/m1/s1. The molecule has 0 spiro atoms. The predicted molar refractivity (Wildman–Crippen MR) is 112 cm³/mol. The fourth-order valence-electron chi connectivity index (χ4n) is 3.73. The number of rotatable bonds is 7. The van der Waals surface area contributed by atoms with Gasteiger partial charge in [0.1, 0.15) is 5.82 Å². The Labute approximate surface area is 169 Å². The zero-order valence-corrected chi connectivity index (χ0v) is 16.3. The molecule has 2 aromatic carbocycles. The minimum atomic E-state index is -0.181. The molecule has 0 aliphatic carbocycles. The second-order valence-electron chi connectivity index (χ2n) is 7.42. The number of H-pyrrole nitrogens is 1. The number of nitrogens with zero attached hydrogens (tertiary/aromatic N) is 2. The van der Waals surface area contributed by atoms with E-state index in [-0.39, 0.29) is 24.1 Å². The summed E-state index contributed by atoms with van der Waals surface area (Å²) in [7, 11) is 0. The quantitative estimate of drug-likeness (QED) is 0.672. The molecule has 1 aliphatic rings. The predicted octanol–water partition coefficient (Wildman–Crippen LogP) is 3.06. The lowest BCUT2D eigenvalue weighted by Crippen LogP contribution is -2.38. The molecule has 2 heterocycles. The van der Waals surface area contributed by atoms with Crippen molar-refractivity contribution in [1.29, 1.82) is 0 Å². The van der Waals surface area contributed by atoms with Crippen LogP contribution in [0.15, 0.2) is 59.4 Å². The highest BCUT2D eigenvalue weighted by atomic mass is 16.5. The van der Waals surface area contributed by atoms with E-state index in [9.17, 15) is 9.59 Å². The number of nitrogens with one attached hydrogen (secondary N) is 1. The number of amides is 1. The first-order valence-corrected chi connectivity index (χ1v) is 10.1. The number of carbonyl (C=O) groups is 1. The van der Waals surface area contributed by atoms with E-state index in [1.807, 2.05) is 48.5 Å². The molecule has 1 amide bonds. The summed E-state index contributed by atoms with van der Waals surface area (Å²) in [6, 6.07) is 17.2. The number of aromatic nitrogens is 2. The molecule has 1 aromatic heterocycles. The number of fused-ring (bicyclic) bond motifs is 1. The minimum absolute atomic E-state index is 0.0418. The first kappa shape index (κ1) is 19.3. The van der Waals surface area contributed by atoms with Crippen LogP contribution in [0.2, 0.25) is 0 Å². The van der Waals surface area contributed by atoms with Crippen molar-refractivity contribution in [2.75, 3.05) is 13.2 Å². The van der Waals surface area contributed by atoms with E-state index in [1.165, 1.54) is 0 Å². The Balaban J connectivity index is 1.51. The van der Waals surface area contributed by atoms with Gasteiger partial charge in [0, 0.05) is 19.6 Å². The highest BCUT2D eigenvalue weighted by Crippen LogP contribution is 2.16. The number of aromatic amines is 1. The number of hydrogen-bond acceptors (Lipinski definition) is 4. The molecular formula is C23H25N3O3. The first-order chi connectivity index (χ1) is 14.2. The molecule has 1 fully saturated rings. The van der Waals surface area contributed by atoms with Gasteiger partial charge in [-0.15, -0.1) is 0 Å². The van der Waals surface area contributed by atoms with E-state index < -0.39 is 0 Å². The van der Waals surface area contributed by atoms with E-state index >= 15 is 0 Å². The number of hydrogen-bond donors (Lipinski definition) is 1. The number of carbonyl (C=O) groups excluding carboxylic acids is 1. The highest BCUT2D eigenvalue weighted by Gasteiger charge is 2.23. The van der Waals surface area contributed by atoms with Crippen molar-refractivity contribution in [3.63, 3.8) is 0 Å². The van der Waals surface area contributed by atoms with Crippen molar-refractivity contribution in [2.45, 2.75) is 38.3 Å². The summed E-state index contributed by atoms with van der Waals surface area (Å²) in [6.07, 6.45) is 3.10. The van der Waals surface area contributed by atoms with Gasteiger partial charge in [-0.3, -0.25) is 9.59 Å². The fourth-order valence-corrected chi connectivity index (χ4v) is 3.73. The Kier molecular flexibility index (Phi) is 6.00. The number of para-hydroxylation sites is 1. The normalized spacial score (nSPS) is 16.2. The lowest BCUT2D eigenvalue weighted by molar-refractivity contribution is -0.133. The van der Waals surface area contributed by atoms with Crippen LogP contribution >= 0.6 is 0 Å². The van der Waals surface area contributed by atoms with E-state index in [2.05, 4.69) is 9.97 Å². The van der Waals surface area contributed by atoms with Gasteiger partial charge in [-0.05, 0) is 37.0 Å². The van der Waals surface area contributed by atoms with E-state index in [0.29, 0.717) is 36.1 Å². The van der Waals surface area contributed by atoms with Crippen LogP contribution in [0.4, 0.5) is 0 Å². The third kappa shape index (κ3) is 4.90. The number of benzene rings is 2. The summed E-state index contributed by atoms with van der Waals surface area (Å²) in [4.78, 5) is 34.6. The van der Waals surface area contributed by atoms with Crippen LogP contribution in [-0.2, 0) is 22.5 Å². The Morgan fingerprint density at radius 1 is 1.14 bits per heavy atom. The molecule has 0 unspecified atom stereocenters. The molecule has 0 bridgehead atoms. The molecule has 1 saturated heterocycles. The summed E-state index contributed by atoms with van der Waals surface area (Å²) in [5, 5.41) is 0.553. The zero-order valence-electron chi connectivity index (χ0n) is 16.3. The van der Waals surface area contributed by atoms with Gasteiger partial charge < -0.3 is 14.6 Å². The lowest BCUT2D eigenvalue weighted by Gasteiger charge is -2.25. The van der Waals surface area contributed by atoms with E-state index in [0.717, 1.165) is 25.0 Å². The van der Waals surface area contributed by atoms with Gasteiger partial charge in [0.05, 0.1) is 23.6 Å². The van der Waals surface area contributed by atoms with Gasteiger partial charge in [-0.1, -0.05) is 42.5 Å². The Morgan fingerprint density at radius 3 is 2.72 bits per heavy atom. The summed E-state index contributed by atoms with van der Waals surface area (Å²) >= 11 is 0. The second-order valence-corrected chi connectivity index (χ2v) is 7.42. The monoisotopic (exact) mass is 391 g/mol. The maximum atomic E-state index is 13.0. The van der Waals surface area contributed by atoms with Crippen LogP contribution in [0.3, 0.4) is 0 Å². The molecular weight excluding hydrogens is 366 g/mol. The number of ether oxygens (including phenoxy) is 1. The van der Waals surface area contributed by atoms with Gasteiger partial charge in [0.2, 0.25) is 5.91 Å². The van der Waals surface area contributed by atoms with Crippen LogP contribution < -0.4 is 5.56 Å².